The smallest absolute Gasteiger partial charge is 0.161 e. The van der Waals surface area contributed by atoms with Crippen LogP contribution in [0, 0.1) is 17.6 Å². The van der Waals surface area contributed by atoms with E-state index in [1.165, 1.54) is 12.8 Å². The Kier molecular flexibility index (Phi) is 3.85. The summed E-state index contributed by atoms with van der Waals surface area (Å²) in [5.74, 6) is -0.430. The molecule has 1 unspecified atom stereocenters. The SMILES string of the molecule is Fc1cc2ncc(N3CCC(C4CCCO4)CC3)nc2cc1F. The molecule has 4 rings (SSSR count). The highest BCUT2D eigenvalue weighted by Gasteiger charge is 2.29. The molecule has 0 amide bonds. The Hall–Kier alpha value is -1.82. The summed E-state index contributed by atoms with van der Waals surface area (Å²) >= 11 is 0. The van der Waals surface area contributed by atoms with E-state index in [1.54, 1.807) is 6.20 Å². The fourth-order valence-electron chi connectivity index (χ4n) is 3.63. The van der Waals surface area contributed by atoms with Crippen LogP contribution < -0.4 is 4.90 Å². The Morgan fingerprint density at radius 3 is 2.48 bits per heavy atom. The Labute approximate surface area is 133 Å². The first kappa shape index (κ1) is 14.8. The second-order valence-electron chi connectivity index (χ2n) is 6.36. The van der Waals surface area contributed by atoms with Crippen LogP contribution in [0.25, 0.3) is 11.0 Å². The molecule has 2 fully saturated rings. The summed E-state index contributed by atoms with van der Waals surface area (Å²) in [6, 6.07) is 2.20. The molecule has 2 aromatic rings. The minimum Gasteiger partial charge on any atom is -0.378 e. The average molecular weight is 319 g/mol. The molecule has 0 bridgehead atoms. The predicted molar refractivity (Wildman–Crippen MR) is 83.4 cm³/mol. The lowest BCUT2D eigenvalue weighted by Crippen LogP contribution is -2.38. The Bertz CT molecular complexity index is 710. The minimum absolute atomic E-state index is 0.377. The van der Waals surface area contributed by atoms with Crippen molar-refractivity contribution in [1.29, 1.82) is 0 Å². The van der Waals surface area contributed by atoms with Crippen molar-refractivity contribution in [1.82, 2.24) is 9.97 Å². The van der Waals surface area contributed by atoms with Gasteiger partial charge in [0.15, 0.2) is 11.6 Å². The summed E-state index contributed by atoms with van der Waals surface area (Å²) in [5, 5.41) is 0. The van der Waals surface area contributed by atoms with Crippen LogP contribution in [0.5, 0.6) is 0 Å². The number of halogens is 2. The predicted octanol–water partition coefficient (Wildman–Crippen LogP) is 3.30. The second kappa shape index (κ2) is 6.00. The quantitative estimate of drug-likeness (QED) is 0.851. The molecule has 2 aliphatic heterocycles. The maximum absolute atomic E-state index is 13.4. The molecule has 0 N–H and O–H groups in total. The van der Waals surface area contributed by atoms with E-state index in [-0.39, 0.29) is 0 Å². The molecule has 6 heteroatoms. The van der Waals surface area contributed by atoms with Gasteiger partial charge in [0.25, 0.3) is 0 Å². The zero-order valence-electron chi connectivity index (χ0n) is 12.8. The first-order chi connectivity index (χ1) is 11.2. The van der Waals surface area contributed by atoms with Gasteiger partial charge >= 0.3 is 0 Å². The molecule has 0 spiro atoms. The highest BCUT2D eigenvalue weighted by atomic mass is 19.2. The van der Waals surface area contributed by atoms with Crippen LogP contribution in [-0.2, 0) is 4.74 Å². The van der Waals surface area contributed by atoms with Crippen molar-refractivity contribution in [3.05, 3.63) is 30.0 Å². The van der Waals surface area contributed by atoms with Crippen molar-refractivity contribution in [3.8, 4) is 0 Å². The standard InChI is InChI=1S/C17H19F2N3O/c18-12-8-14-15(9-13(12)19)21-17(10-20-14)22-5-3-11(4-6-22)16-2-1-7-23-16/h8-11,16H,1-7H2. The summed E-state index contributed by atoms with van der Waals surface area (Å²) in [4.78, 5) is 10.8. The third-order valence-electron chi connectivity index (χ3n) is 4.93. The molecule has 2 aliphatic rings. The van der Waals surface area contributed by atoms with Gasteiger partial charge in [0.05, 0.1) is 23.3 Å². The topological polar surface area (TPSA) is 38.2 Å². The highest BCUT2D eigenvalue weighted by molar-refractivity contribution is 5.75. The molecule has 1 atom stereocenters. The van der Waals surface area contributed by atoms with E-state index in [1.807, 2.05) is 0 Å². The Balaban J connectivity index is 1.50. The highest BCUT2D eigenvalue weighted by Crippen LogP contribution is 2.30. The molecule has 4 nitrogen and oxygen atoms in total. The molecular formula is C17H19F2N3O. The first-order valence-electron chi connectivity index (χ1n) is 8.19. The number of piperidine rings is 1. The van der Waals surface area contributed by atoms with Crippen LogP contribution in [0.4, 0.5) is 14.6 Å². The van der Waals surface area contributed by atoms with Crippen LogP contribution in [0.15, 0.2) is 18.3 Å². The van der Waals surface area contributed by atoms with Crippen molar-refractivity contribution >= 4 is 16.9 Å². The van der Waals surface area contributed by atoms with Gasteiger partial charge in [0.1, 0.15) is 5.82 Å². The molecule has 2 saturated heterocycles. The van der Waals surface area contributed by atoms with E-state index in [4.69, 9.17) is 4.74 Å². The lowest BCUT2D eigenvalue weighted by molar-refractivity contribution is 0.0531. The van der Waals surface area contributed by atoms with Crippen molar-refractivity contribution in [3.63, 3.8) is 0 Å². The maximum Gasteiger partial charge on any atom is 0.161 e. The number of rotatable bonds is 2. The fraction of sp³-hybridized carbons (Fsp3) is 0.529. The molecule has 0 saturated carbocycles. The number of ether oxygens (including phenoxy) is 1. The number of hydrogen-bond donors (Lipinski definition) is 0. The number of benzene rings is 1. The Morgan fingerprint density at radius 2 is 1.78 bits per heavy atom. The Morgan fingerprint density at radius 1 is 1.04 bits per heavy atom. The molecule has 0 aliphatic carbocycles. The summed E-state index contributed by atoms with van der Waals surface area (Å²) in [6.45, 7) is 2.69. The summed E-state index contributed by atoms with van der Waals surface area (Å²) in [5.41, 5.74) is 0.768. The maximum atomic E-state index is 13.4. The van der Waals surface area contributed by atoms with Gasteiger partial charge in [0.2, 0.25) is 0 Å². The monoisotopic (exact) mass is 319 g/mol. The minimum atomic E-state index is -0.892. The lowest BCUT2D eigenvalue weighted by Gasteiger charge is -2.35. The number of anilines is 1. The third-order valence-corrected chi connectivity index (χ3v) is 4.93. The van der Waals surface area contributed by atoms with Crippen LogP contribution in [0.2, 0.25) is 0 Å². The zero-order valence-corrected chi connectivity index (χ0v) is 12.8. The number of fused-ring (bicyclic) bond motifs is 1. The number of nitrogens with zero attached hydrogens (tertiary/aromatic N) is 3. The van der Waals surface area contributed by atoms with Crippen LogP contribution in [0.1, 0.15) is 25.7 Å². The molecular weight excluding hydrogens is 300 g/mol. The van der Waals surface area contributed by atoms with Gasteiger partial charge in [-0.15, -0.1) is 0 Å². The van der Waals surface area contributed by atoms with E-state index in [2.05, 4.69) is 14.9 Å². The average Bonchev–Trinajstić information content (AvgIpc) is 3.10. The van der Waals surface area contributed by atoms with E-state index >= 15 is 0 Å². The van der Waals surface area contributed by atoms with Gasteiger partial charge in [-0.05, 0) is 31.6 Å². The first-order valence-corrected chi connectivity index (χ1v) is 8.19. The van der Waals surface area contributed by atoms with Gasteiger partial charge in [-0.25, -0.2) is 13.8 Å². The van der Waals surface area contributed by atoms with E-state index in [0.29, 0.717) is 23.1 Å². The molecule has 1 aromatic carbocycles. The molecule has 23 heavy (non-hydrogen) atoms. The van der Waals surface area contributed by atoms with Crippen molar-refractivity contribution in [2.75, 3.05) is 24.6 Å². The summed E-state index contributed by atoms with van der Waals surface area (Å²) in [6.07, 6.45) is 6.54. The lowest BCUT2D eigenvalue weighted by atomic mass is 9.90. The van der Waals surface area contributed by atoms with E-state index in [9.17, 15) is 8.78 Å². The third kappa shape index (κ3) is 2.87. The van der Waals surface area contributed by atoms with Crippen molar-refractivity contribution < 1.29 is 13.5 Å². The second-order valence-corrected chi connectivity index (χ2v) is 6.36. The molecule has 122 valence electrons. The van der Waals surface area contributed by atoms with Crippen molar-refractivity contribution in [2.45, 2.75) is 31.8 Å². The summed E-state index contributed by atoms with van der Waals surface area (Å²) in [7, 11) is 0. The van der Waals surface area contributed by atoms with E-state index in [0.717, 1.165) is 50.5 Å². The van der Waals surface area contributed by atoms with Gasteiger partial charge in [0, 0.05) is 31.8 Å². The molecule has 1 aromatic heterocycles. The van der Waals surface area contributed by atoms with Crippen LogP contribution >= 0.6 is 0 Å². The largest absolute Gasteiger partial charge is 0.378 e. The van der Waals surface area contributed by atoms with Gasteiger partial charge in [-0.2, -0.15) is 0 Å². The normalized spacial score (nSPS) is 22.9. The van der Waals surface area contributed by atoms with Gasteiger partial charge < -0.3 is 9.64 Å². The van der Waals surface area contributed by atoms with Crippen molar-refractivity contribution in [2.24, 2.45) is 5.92 Å². The number of hydrogen-bond acceptors (Lipinski definition) is 4. The van der Waals surface area contributed by atoms with Crippen LogP contribution in [0.3, 0.4) is 0 Å². The summed E-state index contributed by atoms with van der Waals surface area (Å²) < 4.78 is 32.4. The van der Waals surface area contributed by atoms with Gasteiger partial charge in [-0.3, -0.25) is 4.98 Å². The molecule has 3 heterocycles. The number of aromatic nitrogens is 2. The van der Waals surface area contributed by atoms with Crippen LogP contribution in [-0.4, -0.2) is 35.8 Å². The zero-order chi connectivity index (χ0) is 15.8. The molecule has 0 radical (unpaired) electrons. The van der Waals surface area contributed by atoms with Gasteiger partial charge in [-0.1, -0.05) is 0 Å². The van der Waals surface area contributed by atoms with E-state index < -0.39 is 11.6 Å². The fourth-order valence-corrected chi connectivity index (χ4v) is 3.63.